The van der Waals surface area contributed by atoms with E-state index < -0.39 is 11.9 Å². The standard InChI is InChI=1S/C16H12Cl2F3N5S/c1-8(2)26-14(10-4-3-9(17)7-11(10)18)24-25-15(26)27-13-6-5-12(22-23-13)16(19,20)21/h3-8H,1-2H3. The molecule has 2 heterocycles. The van der Waals surface area contributed by atoms with Gasteiger partial charge in [0.25, 0.3) is 0 Å². The van der Waals surface area contributed by atoms with Gasteiger partial charge in [-0.25, -0.2) is 0 Å². The second kappa shape index (κ2) is 7.65. The van der Waals surface area contributed by atoms with E-state index >= 15 is 0 Å². The average Bonchev–Trinajstić information content (AvgIpc) is 2.98. The van der Waals surface area contributed by atoms with Gasteiger partial charge in [-0.05, 0) is 55.9 Å². The molecule has 142 valence electrons. The van der Waals surface area contributed by atoms with Gasteiger partial charge in [0.05, 0.1) is 5.02 Å². The summed E-state index contributed by atoms with van der Waals surface area (Å²) in [4.78, 5) is 0. The highest BCUT2D eigenvalue weighted by molar-refractivity contribution is 7.99. The lowest BCUT2D eigenvalue weighted by Crippen LogP contribution is -2.09. The molecular weight excluding hydrogens is 422 g/mol. The van der Waals surface area contributed by atoms with E-state index in [4.69, 9.17) is 23.2 Å². The van der Waals surface area contributed by atoms with Crippen LogP contribution in [-0.2, 0) is 6.18 Å². The van der Waals surface area contributed by atoms with Gasteiger partial charge < -0.3 is 0 Å². The van der Waals surface area contributed by atoms with Crippen molar-refractivity contribution >= 4 is 35.0 Å². The minimum Gasteiger partial charge on any atom is -0.299 e. The summed E-state index contributed by atoms with van der Waals surface area (Å²) in [5.74, 6) is 0.522. The van der Waals surface area contributed by atoms with Crippen molar-refractivity contribution in [2.45, 2.75) is 36.2 Å². The molecule has 0 spiro atoms. The predicted molar refractivity (Wildman–Crippen MR) is 97.0 cm³/mol. The highest BCUT2D eigenvalue weighted by Gasteiger charge is 2.33. The minimum absolute atomic E-state index is 0.0355. The third kappa shape index (κ3) is 4.36. The maximum absolute atomic E-state index is 12.6. The van der Waals surface area contributed by atoms with Crippen molar-refractivity contribution in [2.24, 2.45) is 0 Å². The lowest BCUT2D eigenvalue weighted by molar-refractivity contribution is -0.141. The number of alkyl halides is 3. The van der Waals surface area contributed by atoms with Crippen molar-refractivity contribution in [3.63, 3.8) is 0 Å². The van der Waals surface area contributed by atoms with Crippen molar-refractivity contribution in [1.29, 1.82) is 0 Å². The van der Waals surface area contributed by atoms with Crippen molar-refractivity contribution in [2.75, 3.05) is 0 Å². The van der Waals surface area contributed by atoms with Crippen LogP contribution in [-0.4, -0.2) is 25.0 Å². The Labute approximate surface area is 166 Å². The van der Waals surface area contributed by atoms with Crippen LogP contribution in [0.15, 0.2) is 40.5 Å². The zero-order chi connectivity index (χ0) is 19.8. The predicted octanol–water partition coefficient (Wildman–Crippen LogP) is 5.79. The lowest BCUT2D eigenvalue weighted by atomic mass is 10.2. The van der Waals surface area contributed by atoms with E-state index in [0.717, 1.165) is 17.8 Å². The Kier molecular flexibility index (Phi) is 5.64. The monoisotopic (exact) mass is 433 g/mol. The van der Waals surface area contributed by atoms with Gasteiger partial charge in [-0.1, -0.05) is 23.2 Å². The minimum atomic E-state index is -4.54. The molecule has 1 aromatic carbocycles. The van der Waals surface area contributed by atoms with E-state index in [0.29, 0.717) is 26.6 Å². The quantitative estimate of drug-likeness (QED) is 0.520. The van der Waals surface area contributed by atoms with Gasteiger partial charge >= 0.3 is 6.18 Å². The van der Waals surface area contributed by atoms with Crippen molar-refractivity contribution in [3.05, 3.63) is 46.1 Å². The number of hydrogen-bond acceptors (Lipinski definition) is 5. The molecule has 0 N–H and O–H groups in total. The molecular formula is C16H12Cl2F3N5S. The van der Waals surface area contributed by atoms with Crippen LogP contribution in [0.2, 0.25) is 10.0 Å². The molecule has 11 heteroatoms. The molecule has 0 radical (unpaired) electrons. The third-order valence-corrected chi connectivity index (χ3v) is 4.91. The maximum Gasteiger partial charge on any atom is 0.435 e. The number of hydrogen-bond donors (Lipinski definition) is 0. The van der Waals surface area contributed by atoms with Crippen molar-refractivity contribution in [3.8, 4) is 11.4 Å². The zero-order valence-electron chi connectivity index (χ0n) is 14.0. The molecule has 0 aliphatic rings. The number of halogens is 5. The van der Waals surface area contributed by atoms with Crippen LogP contribution in [0.1, 0.15) is 25.6 Å². The third-order valence-electron chi connectivity index (χ3n) is 3.48. The summed E-state index contributed by atoms with van der Waals surface area (Å²) < 4.78 is 39.7. The first-order valence-electron chi connectivity index (χ1n) is 7.66. The van der Waals surface area contributed by atoms with Gasteiger partial charge in [-0.3, -0.25) is 4.57 Å². The molecule has 0 atom stereocenters. The van der Waals surface area contributed by atoms with Crippen LogP contribution in [0, 0.1) is 0 Å². The smallest absolute Gasteiger partial charge is 0.299 e. The first kappa shape index (κ1) is 19.9. The van der Waals surface area contributed by atoms with Gasteiger partial charge in [0, 0.05) is 16.6 Å². The SMILES string of the molecule is CC(C)n1c(Sc2ccc(C(F)(F)F)nn2)nnc1-c1ccc(Cl)cc1Cl. The molecule has 0 fully saturated rings. The van der Waals surface area contributed by atoms with Gasteiger partial charge in [0.15, 0.2) is 16.7 Å². The summed E-state index contributed by atoms with van der Waals surface area (Å²) in [5, 5.41) is 16.8. The van der Waals surface area contributed by atoms with E-state index in [1.54, 1.807) is 18.2 Å². The molecule has 3 rings (SSSR count). The summed E-state index contributed by atoms with van der Waals surface area (Å²) in [6.07, 6.45) is -4.54. The highest BCUT2D eigenvalue weighted by atomic mass is 35.5. The van der Waals surface area contributed by atoms with E-state index in [1.165, 1.54) is 6.07 Å². The number of rotatable bonds is 4. The molecule has 0 bridgehead atoms. The van der Waals surface area contributed by atoms with Gasteiger partial charge in [0.2, 0.25) is 0 Å². The van der Waals surface area contributed by atoms with Gasteiger partial charge in [-0.2, -0.15) is 13.2 Å². The fraction of sp³-hybridized carbons (Fsp3) is 0.250. The fourth-order valence-corrected chi connectivity index (χ4v) is 3.66. The van der Waals surface area contributed by atoms with Crippen LogP contribution in [0.4, 0.5) is 13.2 Å². The lowest BCUT2D eigenvalue weighted by Gasteiger charge is -2.14. The van der Waals surface area contributed by atoms with Gasteiger partial charge in [-0.15, -0.1) is 20.4 Å². The second-order valence-corrected chi connectivity index (χ2v) is 7.58. The summed E-state index contributed by atoms with van der Waals surface area (Å²) >= 11 is 13.3. The molecule has 0 saturated carbocycles. The molecule has 0 unspecified atom stereocenters. The van der Waals surface area contributed by atoms with Gasteiger partial charge in [0.1, 0.15) is 5.03 Å². The Balaban J connectivity index is 1.96. The Morgan fingerprint density at radius 3 is 2.30 bits per heavy atom. The van der Waals surface area contributed by atoms with Crippen LogP contribution in [0.5, 0.6) is 0 Å². The number of nitrogens with zero attached hydrogens (tertiary/aromatic N) is 5. The number of aromatic nitrogens is 5. The van der Waals surface area contributed by atoms with E-state index in [-0.39, 0.29) is 11.1 Å². The highest BCUT2D eigenvalue weighted by Crippen LogP contribution is 2.35. The summed E-state index contributed by atoms with van der Waals surface area (Å²) in [5.41, 5.74) is -0.404. The van der Waals surface area contributed by atoms with E-state index in [1.807, 2.05) is 18.4 Å². The molecule has 5 nitrogen and oxygen atoms in total. The topological polar surface area (TPSA) is 56.5 Å². The normalized spacial score (nSPS) is 12.0. The van der Waals surface area contributed by atoms with Crippen molar-refractivity contribution < 1.29 is 13.2 Å². The summed E-state index contributed by atoms with van der Waals surface area (Å²) in [6, 6.07) is 7.12. The molecule has 3 aromatic rings. The Hall–Kier alpha value is -1.84. The summed E-state index contributed by atoms with van der Waals surface area (Å²) in [6.45, 7) is 3.86. The molecule has 0 aliphatic heterocycles. The van der Waals surface area contributed by atoms with E-state index in [2.05, 4.69) is 20.4 Å². The largest absolute Gasteiger partial charge is 0.435 e. The van der Waals surface area contributed by atoms with Crippen LogP contribution in [0.3, 0.4) is 0 Å². The van der Waals surface area contributed by atoms with Crippen molar-refractivity contribution in [1.82, 2.24) is 25.0 Å². The number of benzene rings is 1. The molecule has 0 aliphatic carbocycles. The molecule has 0 saturated heterocycles. The Morgan fingerprint density at radius 2 is 1.74 bits per heavy atom. The van der Waals surface area contributed by atoms with Crippen LogP contribution < -0.4 is 0 Å². The molecule has 27 heavy (non-hydrogen) atoms. The van der Waals surface area contributed by atoms with Crippen LogP contribution in [0.25, 0.3) is 11.4 Å². The van der Waals surface area contributed by atoms with Crippen LogP contribution >= 0.6 is 35.0 Å². The first-order chi connectivity index (χ1) is 12.7. The Bertz CT molecular complexity index is 958. The van der Waals surface area contributed by atoms with E-state index in [9.17, 15) is 13.2 Å². The average molecular weight is 434 g/mol. The Morgan fingerprint density at radius 1 is 1.00 bits per heavy atom. The second-order valence-electron chi connectivity index (χ2n) is 5.75. The molecule has 2 aromatic heterocycles. The molecule has 0 amide bonds. The summed E-state index contributed by atoms with van der Waals surface area (Å²) in [7, 11) is 0. The maximum atomic E-state index is 12.6. The zero-order valence-corrected chi connectivity index (χ0v) is 16.3. The first-order valence-corrected chi connectivity index (χ1v) is 9.23. The fourth-order valence-electron chi connectivity index (χ4n) is 2.29.